The molecule has 1 amide bonds. The summed E-state index contributed by atoms with van der Waals surface area (Å²) in [5.74, 6) is 0.277. The third-order valence-electron chi connectivity index (χ3n) is 8.58. The zero-order valence-corrected chi connectivity index (χ0v) is 28.6. The first-order valence-corrected chi connectivity index (χ1v) is 17.7. The Kier molecular flexibility index (Phi) is 10.8. The Hall–Kier alpha value is -2.73. The van der Waals surface area contributed by atoms with Crippen molar-refractivity contribution in [3.05, 3.63) is 110 Å². The van der Waals surface area contributed by atoms with Crippen LogP contribution in [0.5, 0.6) is 0 Å². The number of halogens is 3. The summed E-state index contributed by atoms with van der Waals surface area (Å²) in [6.45, 7) is 3.26. The maximum absolute atomic E-state index is 13.8. The molecule has 2 atom stereocenters. The maximum atomic E-state index is 13.8. The minimum absolute atomic E-state index is 0.0287. The van der Waals surface area contributed by atoms with Gasteiger partial charge in [0.2, 0.25) is 0 Å². The first-order chi connectivity index (χ1) is 21.1. The topological polar surface area (TPSA) is 64.4 Å². The molecule has 0 radical (unpaired) electrons. The van der Waals surface area contributed by atoms with E-state index in [0.717, 1.165) is 64.6 Å². The van der Waals surface area contributed by atoms with Crippen LogP contribution in [0, 0.1) is 11.3 Å². The number of piperidine rings is 1. The normalized spacial score (nSPS) is 15.5. The number of rotatable bonds is 9. The molecule has 4 aromatic carbocycles. The molecule has 5 rings (SSSR count). The lowest BCUT2D eigenvalue weighted by molar-refractivity contribution is 0.0783. The Bertz CT molecular complexity index is 1750. The number of carbonyl (C=O) groups is 1. The van der Waals surface area contributed by atoms with Gasteiger partial charge >= 0.3 is 0 Å². The monoisotopic (exact) mass is 709 g/mol. The number of nitriles is 1. The molecule has 1 unspecified atom stereocenters. The Balaban J connectivity index is 1.31. The van der Waals surface area contributed by atoms with E-state index in [4.69, 9.17) is 23.2 Å². The van der Waals surface area contributed by atoms with Crippen LogP contribution in [0.4, 0.5) is 0 Å². The van der Waals surface area contributed by atoms with Crippen molar-refractivity contribution in [2.24, 2.45) is 0 Å². The maximum Gasteiger partial charge on any atom is 0.254 e. The Morgan fingerprint density at radius 3 is 2.52 bits per heavy atom. The van der Waals surface area contributed by atoms with Crippen molar-refractivity contribution in [2.45, 2.75) is 36.0 Å². The van der Waals surface area contributed by atoms with Gasteiger partial charge in [0.1, 0.15) is 0 Å². The number of likely N-dealkylation sites (N-methyl/N-ethyl adjacent to an activating group) is 1. The van der Waals surface area contributed by atoms with Crippen molar-refractivity contribution >= 4 is 66.6 Å². The number of fused-ring (bicyclic) bond motifs is 1. The van der Waals surface area contributed by atoms with Crippen LogP contribution in [0.1, 0.15) is 58.1 Å². The molecule has 1 aliphatic heterocycles. The van der Waals surface area contributed by atoms with Gasteiger partial charge in [0.25, 0.3) is 5.91 Å². The predicted octanol–water partition coefficient (Wildman–Crippen LogP) is 8.64. The van der Waals surface area contributed by atoms with Crippen molar-refractivity contribution in [1.82, 2.24) is 9.80 Å². The summed E-state index contributed by atoms with van der Waals surface area (Å²) in [5, 5.41) is 12.3. The molecule has 1 saturated heterocycles. The first-order valence-electron chi connectivity index (χ1n) is 14.6. The number of hydrogen-bond donors (Lipinski definition) is 0. The van der Waals surface area contributed by atoms with E-state index >= 15 is 0 Å². The van der Waals surface area contributed by atoms with Crippen LogP contribution in [0.2, 0.25) is 10.0 Å². The largest absolute Gasteiger partial charge is 0.341 e. The zero-order chi connectivity index (χ0) is 31.4. The summed E-state index contributed by atoms with van der Waals surface area (Å²) in [6, 6.07) is 25.1. The summed E-state index contributed by atoms with van der Waals surface area (Å²) in [4.78, 5) is 19.0. The highest BCUT2D eigenvalue weighted by Crippen LogP contribution is 2.35. The lowest BCUT2D eigenvalue weighted by Crippen LogP contribution is -2.36. The van der Waals surface area contributed by atoms with E-state index in [1.165, 1.54) is 5.56 Å². The summed E-state index contributed by atoms with van der Waals surface area (Å²) in [5.41, 5.74) is 3.21. The molecule has 1 fully saturated rings. The highest BCUT2D eigenvalue weighted by atomic mass is 79.9. The summed E-state index contributed by atoms with van der Waals surface area (Å²) in [6.07, 6.45) is 4.58. The number of carbonyl (C=O) groups excluding carboxylic acids is 1. The van der Waals surface area contributed by atoms with E-state index in [9.17, 15) is 14.3 Å². The molecular formula is C35H34BrCl2N3O2S. The first kappa shape index (κ1) is 32.7. The van der Waals surface area contributed by atoms with Gasteiger partial charge in [-0.25, -0.2) is 0 Å². The molecular weight excluding hydrogens is 677 g/mol. The van der Waals surface area contributed by atoms with Gasteiger partial charge in [0.15, 0.2) is 0 Å². The minimum atomic E-state index is -1.03. The fraction of sp³-hybridized carbons (Fsp3) is 0.314. The third kappa shape index (κ3) is 7.55. The van der Waals surface area contributed by atoms with E-state index in [1.807, 2.05) is 67.7 Å². The Labute approximate surface area is 280 Å². The Morgan fingerprint density at radius 1 is 1.07 bits per heavy atom. The highest BCUT2D eigenvalue weighted by Gasteiger charge is 2.26. The average Bonchev–Trinajstić information content (AvgIpc) is 3.03. The van der Waals surface area contributed by atoms with Crippen molar-refractivity contribution in [3.63, 3.8) is 0 Å². The second-order valence-electron chi connectivity index (χ2n) is 11.5. The van der Waals surface area contributed by atoms with Gasteiger partial charge in [-0.3, -0.25) is 9.00 Å². The number of nitrogens with zero attached hydrogens (tertiary/aromatic N) is 3. The molecule has 0 bridgehead atoms. The van der Waals surface area contributed by atoms with Gasteiger partial charge in [-0.05, 0) is 109 Å². The molecule has 0 aromatic heterocycles. The number of hydrogen-bond acceptors (Lipinski definition) is 4. The number of benzene rings is 4. The van der Waals surface area contributed by atoms with Crippen LogP contribution in [0.15, 0.2) is 82.2 Å². The highest BCUT2D eigenvalue weighted by molar-refractivity contribution is 9.10. The second kappa shape index (κ2) is 14.6. The van der Waals surface area contributed by atoms with E-state index in [2.05, 4.69) is 33.0 Å². The molecule has 5 nitrogen and oxygen atoms in total. The van der Waals surface area contributed by atoms with Crippen molar-refractivity contribution in [2.75, 3.05) is 39.5 Å². The number of amides is 1. The molecule has 0 N–H and O–H groups in total. The minimum Gasteiger partial charge on any atom is -0.341 e. The third-order valence-corrected chi connectivity index (χ3v) is 10.8. The van der Waals surface area contributed by atoms with Crippen LogP contribution in [0.3, 0.4) is 0 Å². The van der Waals surface area contributed by atoms with E-state index in [1.54, 1.807) is 17.2 Å². The molecule has 228 valence electrons. The smallest absolute Gasteiger partial charge is 0.254 e. The van der Waals surface area contributed by atoms with Gasteiger partial charge in [0, 0.05) is 40.7 Å². The zero-order valence-electron chi connectivity index (χ0n) is 24.7. The molecule has 4 aromatic rings. The van der Waals surface area contributed by atoms with Crippen LogP contribution < -0.4 is 0 Å². The standard InChI is InChI=1S/C35H34BrCl2N3O2S/c1-40(35(42)31-18-23(21-39)17-26-5-3-4-6-29(26)31)22-27(25-7-9-32(37)33(38)19-25)13-16-41-14-11-24(12-15-41)30-20-28(36)8-10-34(30)44(2)43/h3-10,17-20,24,27H,11-16,22H2,1-2H3/t27-,44?/m1/s1. The molecule has 1 heterocycles. The van der Waals surface area contributed by atoms with Gasteiger partial charge in [0.05, 0.1) is 32.5 Å². The fourth-order valence-electron chi connectivity index (χ4n) is 6.21. The predicted molar refractivity (Wildman–Crippen MR) is 184 cm³/mol. The molecule has 1 aliphatic rings. The summed E-state index contributed by atoms with van der Waals surface area (Å²) < 4.78 is 13.4. The van der Waals surface area contributed by atoms with Crippen molar-refractivity contribution < 1.29 is 9.00 Å². The van der Waals surface area contributed by atoms with Crippen LogP contribution >= 0.6 is 39.1 Å². The van der Waals surface area contributed by atoms with E-state index in [-0.39, 0.29) is 11.8 Å². The van der Waals surface area contributed by atoms with Crippen molar-refractivity contribution in [1.29, 1.82) is 5.26 Å². The lowest BCUT2D eigenvalue weighted by Gasteiger charge is -2.34. The fourth-order valence-corrected chi connectivity index (χ4v) is 7.71. The van der Waals surface area contributed by atoms with Crippen LogP contribution in [0.25, 0.3) is 10.8 Å². The van der Waals surface area contributed by atoms with Crippen molar-refractivity contribution in [3.8, 4) is 6.07 Å². The average molecular weight is 712 g/mol. The molecule has 0 aliphatic carbocycles. The SMILES string of the molecule is CN(C[C@@H](CCN1CCC(c2cc(Br)ccc2S(C)=O)CC1)c1ccc(Cl)c(Cl)c1)C(=O)c1cc(C#N)cc2ccccc12. The van der Waals surface area contributed by atoms with Crippen LogP contribution in [-0.4, -0.2) is 59.4 Å². The quantitative estimate of drug-likeness (QED) is 0.175. The van der Waals surface area contributed by atoms with Gasteiger partial charge in [-0.2, -0.15) is 5.26 Å². The van der Waals surface area contributed by atoms with E-state index < -0.39 is 10.8 Å². The van der Waals surface area contributed by atoms with Gasteiger partial charge < -0.3 is 9.80 Å². The molecule has 0 spiro atoms. The summed E-state index contributed by atoms with van der Waals surface area (Å²) >= 11 is 16.3. The molecule has 44 heavy (non-hydrogen) atoms. The molecule has 0 saturated carbocycles. The van der Waals surface area contributed by atoms with Crippen LogP contribution in [-0.2, 0) is 10.8 Å². The summed E-state index contributed by atoms with van der Waals surface area (Å²) in [7, 11) is 0.789. The lowest BCUT2D eigenvalue weighted by atomic mass is 9.88. The molecule has 9 heteroatoms. The van der Waals surface area contributed by atoms with Gasteiger partial charge in [-0.1, -0.05) is 69.5 Å². The van der Waals surface area contributed by atoms with Gasteiger partial charge in [-0.15, -0.1) is 0 Å². The number of likely N-dealkylation sites (tertiary alicyclic amines) is 1. The van der Waals surface area contributed by atoms with E-state index in [0.29, 0.717) is 33.6 Å². The Morgan fingerprint density at radius 2 is 1.82 bits per heavy atom. The second-order valence-corrected chi connectivity index (χ2v) is 14.5.